The van der Waals surface area contributed by atoms with Crippen LogP contribution in [-0.2, 0) is 11.3 Å². The summed E-state index contributed by atoms with van der Waals surface area (Å²) in [6.07, 6.45) is 0. The van der Waals surface area contributed by atoms with Gasteiger partial charge in [-0.15, -0.1) is 11.3 Å². The highest BCUT2D eigenvalue weighted by atomic mass is 32.1. The minimum Gasteiger partial charge on any atom is -0.462 e. The maximum absolute atomic E-state index is 12.6. The van der Waals surface area contributed by atoms with Gasteiger partial charge in [-0.1, -0.05) is 54.6 Å². The quantitative estimate of drug-likeness (QED) is 0.219. The molecule has 0 amide bonds. The van der Waals surface area contributed by atoms with Crippen molar-refractivity contribution in [2.45, 2.75) is 34.2 Å². The van der Waals surface area contributed by atoms with E-state index in [1.54, 1.807) is 6.92 Å². The lowest BCUT2D eigenvalue weighted by atomic mass is 10.1. The molecule has 180 valence electrons. The van der Waals surface area contributed by atoms with Crippen LogP contribution >= 0.6 is 23.6 Å². The third-order valence-corrected chi connectivity index (χ3v) is 7.02. The number of nitrogens with zero attached hydrogens (tertiary/aromatic N) is 2. The Morgan fingerprint density at radius 2 is 1.77 bits per heavy atom. The van der Waals surface area contributed by atoms with Crippen LogP contribution in [0, 0.1) is 20.8 Å². The van der Waals surface area contributed by atoms with E-state index in [4.69, 9.17) is 22.1 Å². The SMILES string of the molecule is CCOC(=O)c1cc(-c2ccccc2)sc1NC(=S)Nc1c(C)nn(Cc2ccccc2C)c1C. The summed E-state index contributed by atoms with van der Waals surface area (Å²) in [5.41, 5.74) is 6.62. The Balaban J connectivity index is 1.55. The molecule has 8 heteroatoms. The van der Waals surface area contributed by atoms with Gasteiger partial charge >= 0.3 is 5.97 Å². The summed E-state index contributed by atoms with van der Waals surface area (Å²) < 4.78 is 7.25. The fourth-order valence-corrected chi connectivity index (χ4v) is 5.14. The van der Waals surface area contributed by atoms with Crippen LogP contribution in [-0.4, -0.2) is 27.5 Å². The summed E-state index contributed by atoms with van der Waals surface area (Å²) in [5.74, 6) is -0.380. The number of ether oxygens (including phenoxy) is 1. The number of hydrogen-bond donors (Lipinski definition) is 2. The molecule has 35 heavy (non-hydrogen) atoms. The zero-order valence-corrected chi connectivity index (χ0v) is 21.8. The molecule has 6 nitrogen and oxygen atoms in total. The molecule has 0 spiro atoms. The first-order valence-corrected chi connectivity index (χ1v) is 12.6. The van der Waals surface area contributed by atoms with Gasteiger partial charge in [0.05, 0.1) is 35.8 Å². The molecule has 4 rings (SSSR count). The number of carbonyl (C=O) groups excluding carboxylic acids is 1. The van der Waals surface area contributed by atoms with E-state index in [0.717, 1.165) is 27.5 Å². The van der Waals surface area contributed by atoms with Crippen LogP contribution in [0.4, 0.5) is 10.7 Å². The third-order valence-electron chi connectivity index (χ3n) is 5.71. The van der Waals surface area contributed by atoms with Gasteiger partial charge in [0.1, 0.15) is 5.00 Å². The number of carbonyl (C=O) groups is 1. The number of thiocarbonyl (C=S) groups is 1. The van der Waals surface area contributed by atoms with E-state index >= 15 is 0 Å². The lowest BCUT2D eigenvalue weighted by Gasteiger charge is -2.12. The molecule has 0 aliphatic rings. The standard InChI is InChI=1S/C27H28N4O2S2/c1-5-33-26(32)22-15-23(20-12-7-6-8-13-20)35-25(22)29-27(34)28-24-18(3)30-31(19(24)4)16-21-14-10-9-11-17(21)2/h6-15H,5,16H2,1-4H3,(H2,28,29,34). The highest BCUT2D eigenvalue weighted by Crippen LogP contribution is 2.36. The Bertz CT molecular complexity index is 1360. The molecule has 0 saturated heterocycles. The number of nitrogens with one attached hydrogen (secondary N) is 2. The van der Waals surface area contributed by atoms with Gasteiger partial charge < -0.3 is 15.4 Å². The Hall–Kier alpha value is -3.49. The van der Waals surface area contributed by atoms with Crippen molar-refractivity contribution in [1.82, 2.24) is 9.78 Å². The van der Waals surface area contributed by atoms with Crippen LogP contribution in [0.2, 0.25) is 0 Å². The number of hydrogen-bond acceptors (Lipinski definition) is 5. The summed E-state index contributed by atoms with van der Waals surface area (Å²) in [6, 6.07) is 20.1. The first-order valence-electron chi connectivity index (χ1n) is 11.4. The summed E-state index contributed by atoms with van der Waals surface area (Å²) in [4.78, 5) is 13.6. The van der Waals surface area contributed by atoms with Gasteiger partial charge in [0.15, 0.2) is 5.11 Å². The largest absolute Gasteiger partial charge is 0.462 e. The summed E-state index contributed by atoms with van der Waals surface area (Å²) in [7, 11) is 0. The van der Waals surface area contributed by atoms with Crippen molar-refractivity contribution < 1.29 is 9.53 Å². The molecule has 0 radical (unpaired) electrons. The van der Waals surface area contributed by atoms with Crippen LogP contribution in [0.3, 0.4) is 0 Å². The molecule has 0 atom stereocenters. The Kier molecular flexibility index (Phi) is 7.63. The van der Waals surface area contributed by atoms with Crippen molar-refractivity contribution in [3.05, 3.63) is 88.7 Å². The van der Waals surface area contributed by atoms with E-state index in [1.807, 2.05) is 67.1 Å². The predicted octanol–water partition coefficient (Wildman–Crippen LogP) is 6.57. The van der Waals surface area contributed by atoms with Crippen LogP contribution in [0.5, 0.6) is 0 Å². The van der Waals surface area contributed by atoms with Crippen molar-refractivity contribution >= 4 is 45.3 Å². The smallest absolute Gasteiger partial charge is 0.341 e. The molecule has 0 unspecified atom stereocenters. The van der Waals surface area contributed by atoms with Gasteiger partial charge in [0.25, 0.3) is 0 Å². The number of benzene rings is 2. The second-order valence-corrected chi connectivity index (χ2v) is 9.61. The number of aromatic nitrogens is 2. The van der Waals surface area contributed by atoms with E-state index in [2.05, 4.69) is 29.7 Å². The van der Waals surface area contributed by atoms with Crippen LogP contribution in [0.15, 0.2) is 60.7 Å². The molecule has 0 aliphatic heterocycles. The summed E-state index contributed by atoms with van der Waals surface area (Å²) in [5, 5.41) is 12.2. The third kappa shape index (κ3) is 5.61. The first-order chi connectivity index (χ1) is 16.9. The van der Waals surface area contributed by atoms with E-state index in [0.29, 0.717) is 28.8 Å². The van der Waals surface area contributed by atoms with Crippen molar-refractivity contribution in [3.8, 4) is 10.4 Å². The Morgan fingerprint density at radius 3 is 2.49 bits per heavy atom. The second kappa shape index (κ2) is 10.8. The molecule has 0 fully saturated rings. The summed E-state index contributed by atoms with van der Waals surface area (Å²) >= 11 is 7.09. The van der Waals surface area contributed by atoms with Gasteiger partial charge in [-0.25, -0.2) is 4.79 Å². The minimum atomic E-state index is -0.380. The van der Waals surface area contributed by atoms with Gasteiger partial charge in [-0.2, -0.15) is 5.10 Å². The average molecular weight is 505 g/mol. The maximum atomic E-state index is 12.6. The molecule has 2 N–H and O–H groups in total. The molecule has 2 aromatic heterocycles. The highest BCUT2D eigenvalue weighted by molar-refractivity contribution is 7.80. The maximum Gasteiger partial charge on any atom is 0.341 e. The van der Waals surface area contributed by atoms with Crippen LogP contribution in [0.1, 0.15) is 39.8 Å². The predicted molar refractivity (Wildman–Crippen MR) is 148 cm³/mol. The number of rotatable bonds is 7. The number of aryl methyl sites for hydroxylation is 2. The van der Waals surface area contributed by atoms with E-state index < -0.39 is 0 Å². The van der Waals surface area contributed by atoms with Gasteiger partial charge in [-0.3, -0.25) is 4.68 Å². The number of thiophene rings is 1. The van der Waals surface area contributed by atoms with Gasteiger partial charge in [-0.05, 0) is 62.7 Å². The zero-order chi connectivity index (χ0) is 24.9. The van der Waals surface area contributed by atoms with E-state index in [9.17, 15) is 4.79 Å². The fraction of sp³-hybridized carbons (Fsp3) is 0.222. The molecular formula is C27H28N4O2S2. The first kappa shape index (κ1) is 24.6. The van der Waals surface area contributed by atoms with Crippen molar-refractivity contribution in [2.75, 3.05) is 17.2 Å². The van der Waals surface area contributed by atoms with Crippen molar-refractivity contribution in [1.29, 1.82) is 0 Å². The Labute approximate surface area is 215 Å². The molecular weight excluding hydrogens is 476 g/mol. The van der Waals surface area contributed by atoms with Crippen LogP contribution in [0.25, 0.3) is 10.4 Å². The van der Waals surface area contributed by atoms with Gasteiger partial charge in [0, 0.05) is 4.88 Å². The molecule has 0 aliphatic carbocycles. The molecule has 2 heterocycles. The van der Waals surface area contributed by atoms with E-state index in [1.165, 1.54) is 22.5 Å². The molecule has 4 aromatic rings. The van der Waals surface area contributed by atoms with E-state index in [-0.39, 0.29) is 5.97 Å². The molecule has 2 aromatic carbocycles. The second-order valence-electron chi connectivity index (χ2n) is 8.15. The number of anilines is 2. The lowest BCUT2D eigenvalue weighted by molar-refractivity contribution is 0.0528. The number of esters is 1. The van der Waals surface area contributed by atoms with Crippen molar-refractivity contribution in [3.63, 3.8) is 0 Å². The monoisotopic (exact) mass is 504 g/mol. The van der Waals surface area contributed by atoms with Gasteiger partial charge in [0.2, 0.25) is 0 Å². The average Bonchev–Trinajstić information content (AvgIpc) is 3.38. The normalized spacial score (nSPS) is 10.7. The molecule has 0 saturated carbocycles. The van der Waals surface area contributed by atoms with Crippen LogP contribution < -0.4 is 10.6 Å². The molecule has 0 bridgehead atoms. The minimum absolute atomic E-state index is 0.302. The lowest BCUT2D eigenvalue weighted by Crippen LogP contribution is -2.21. The topological polar surface area (TPSA) is 68.2 Å². The van der Waals surface area contributed by atoms with Crippen molar-refractivity contribution in [2.24, 2.45) is 0 Å². The zero-order valence-electron chi connectivity index (χ0n) is 20.2. The fourth-order valence-electron chi connectivity index (χ4n) is 3.82. The Morgan fingerprint density at radius 1 is 1.06 bits per heavy atom. The summed E-state index contributed by atoms with van der Waals surface area (Å²) in [6.45, 7) is 8.85. The highest BCUT2D eigenvalue weighted by Gasteiger charge is 2.20.